The molecule has 0 amide bonds. The third-order valence-electron chi connectivity index (χ3n) is 12.2. The number of rotatable bonds is 8. The van der Waals surface area contributed by atoms with Crippen LogP contribution in [0.15, 0.2) is 223 Å². The Bertz CT molecular complexity index is 3170. The number of hydrogen-bond acceptors (Lipinski definition) is 3. The van der Waals surface area contributed by atoms with Gasteiger partial charge in [0.1, 0.15) is 11.2 Å². The maximum Gasteiger partial charge on any atom is 0.137 e. The third-order valence-corrected chi connectivity index (χ3v) is 12.2. The summed E-state index contributed by atoms with van der Waals surface area (Å²) in [4.78, 5) is 4.73. The second kappa shape index (κ2) is 14.3. The van der Waals surface area contributed by atoms with Gasteiger partial charge in [-0.15, -0.1) is 0 Å². The van der Waals surface area contributed by atoms with Crippen LogP contribution in [0.4, 0.5) is 34.1 Å². The molecule has 0 N–H and O–H groups in total. The van der Waals surface area contributed by atoms with Gasteiger partial charge in [-0.05, 0) is 123 Å². The number of para-hydroxylation sites is 3. The SMILES string of the molecule is CC1(C)c2ccccc2-c2ccc(-c3cc(N(c4ccccc4)c4ccc(-c5ccccc5)cc4)cc(N(c4ccccc4)c4ccc5c(c4)oc4ccccc45)c3)cc21. The van der Waals surface area contributed by atoms with E-state index in [9.17, 15) is 0 Å². The summed E-state index contributed by atoms with van der Waals surface area (Å²) in [5, 5.41) is 2.22. The van der Waals surface area contributed by atoms with Crippen LogP contribution in [0.25, 0.3) is 55.3 Å². The number of nitrogens with zero attached hydrogens (tertiary/aromatic N) is 2. The smallest absolute Gasteiger partial charge is 0.137 e. The molecule has 0 fully saturated rings. The molecule has 1 aliphatic rings. The Hall–Kier alpha value is -7.62. The zero-order chi connectivity index (χ0) is 40.2. The van der Waals surface area contributed by atoms with Crippen LogP contribution in [0.1, 0.15) is 25.0 Å². The third kappa shape index (κ3) is 6.06. The van der Waals surface area contributed by atoms with Gasteiger partial charge in [0.15, 0.2) is 0 Å². The summed E-state index contributed by atoms with van der Waals surface area (Å²) in [6, 6.07) is 78.7. The van der Waals surface area contributed by atoms with Crippen molar-refractivity contribution < 1.29 is 4.42 Å². The molecule has 0 bridgehead atoms. The molecule has 0 saturated carbocycles. The van der Waals surface area contributed by atoms with Crippen LogP contribution in [-0.4, -0.2) is 0 Å². The first-order valence-corrected chi connectivity index (χ1v) is 20.7. The first kappa shape index (κ1) is 35.5. The van der Waals surface area contributed by atoms with E-state index in [1.54, 1.807) is 0 Å². The van der Waals surface area contributed by atoms with Crippen LogP contribution in [0, 0.1) is 0 Å². The summed E-state index contributed by atoms with van der Waals surface area (Å²) < 4.78 is 6.48. The Kier molecular flexibility index (Phi) is 8.49. The molecule has 60 heavy (non-hydrogen) atoms. The van der Waals surface area contributed by atoms with E-state index in [0.717, 1.165) is 61.6 Å². The molecule has 1 aliphatic carbocycles. The lowest BCUT2D eigenvalue weighted by Gasteiger charge is -2.30. The molecule has 9 aromatic carbocycles. The minimum Gasteiger partial charge on any atom is -0.456 e. The highest BCUT2D eigenvalue weighted by molar-refractivity contribution is 6.06. The van der Waals surface area contributed by atoms with Crippen molar-refractivity contribution in [1.82, 2.24) is 0 Å². The predicted molar refractivity (Wildman–Crippen MR) is 252 cm³/mol. The van der Waals surface area contributed by atoms with E-state index >= 15 is 0 Å². The summed E-state index contributed by atoms with van der Waals surface area (Å²) in [5.74, 6) is 0. The highest BCUT2D eigenvalue weighted by Crippen LogP contribution is 2.51. The topological polar surface area (TPSA) is 19.6 Å². The van der Waals surface area contributed by atoms with Crippen LogP contribution < -0.4 is 9.80 Å². The summed E-state index contributed by atoms with van der Waals surface area (Å²) in [6.07, 6.45) is 0. The highest BCUT2D eigenvalue weighted by Gasteiger charge is 2.35. The molecular weight excluding hydrogens is 729 g/mol. The fourth-order valence-corrected chi connectivity index (χ4v) is 9.24. The molecule has 0 aliphatic heterocycles. The van der Waals surface area contributed by atoms with Crippen LogP contribution in [-0.2, 0) is 5.41 Å². The number of fused-ring (bicyclic) bond motifs is 6. The minimum absolute atomic E-state index is 0.128. The standard InChI is InChI=1S/C57H42N2O/c1-57(2)53-24-14-12-22-49(53)50-32-28-41(36-54(50)57)42-34-47(58(43-18-8-4-9-19-43)45-29-26-40(27-30-45)39-16-6-3-7-17-39)37-48(35-42)59(44-20-10-5-11-21-44)46-31-33-52-51-23-13-15-25-55(51)60-56(52)38-46/h3-38H,1-2H3. The highest BCUT2D eigenvalue weighted by atomic mass is 16.3. The monoisotopic (exact) mass is 770 g/mol. The van der Waals surface area contributed by atoms with Crippen molar-refractivity contribution in [1.29, 1.82) is 0 Å². The van der Waals surface area contributed by atoms with E-state index in [-0.39, 0.29) is 5.41 Å². The van der Waals surface area contributed by atoms with Crippen molar-refractivity contribution in [2.24, 2.45) is 0 Å². The molecule has 0 saturated heterocycles. The lowest BCUT2D eigenvalue weighted by molar-refractivity contribution is 0.660. The normalized spacial score (nSPS) is 12.6. The first-order chi connectivity index (χ1) is 29.5. The van der Waals surface area contributed by atoms with E-state index < -0.39 is 0 Å². The van der Waals surface area contributed by atoms with Crippen LogP contribution >= 0.6 is 0 Å². The fourth-order valence-electron chi connectivity index (χ4n) is 9.24. The van der Waals surface area contributed by atoms with Gasteiger partial charge in [0.25, 0.3) is 0 Å². The lowest BCUT2D eigenvalue weighted by Crippen LogP contribution is -2.15. The van der Waals surface area contributed by atoms with Crippen LogP contribution in [0.2, 0.25) is 0 Å². The molecule has 1 aromatic heterocycles. The summed E-state index contributed by atoms with van der Waals surface area (Å²) in [7, 11) is 0. The van der Waals surface area contributed by atoms with Crippen molar-refractivity contribution in [2.45, 2.75) is 19.3 Å². The van der Waals surface area contributed by atoms with E-state index in [0.29, 0.717) is 0 Å². The Labute approximate surface area is 351 Å². The average molecular weight is 771 g/mol. The minimum atomic E-state index is -0.128. The van der Waals surface area contributed by atoms with Gasteiger partial charge in [-0.1, -0.05) is 147 Å². The summed E-state index contributed by atoms with van der Waals surface area (Å²) in [6.45, 7) is 4.70. The molecule has 11 rings (SSSR count). The van der Waals surface area contributed by atoms with Crippen LogP contribution in [0.5, 0.6) is 0 Å². The molecule has 3 heteroatoms. The Morgan fingerprint density at radius 2 is 0.833 bits per heavy atom. The van der Waals surface area contributed by atoms with Gasteiger partial charge in [-0.2, -0.15) is 0 Å². The molecule has 0 spiro atoms. The largest absolute Gasteiger partial charge is 0.456 e. The van der Waals surface area contributed by atoms with Crippen LogP contribution in [0.3, 0.4) is 0 Å². The summed E-state index contributed by atoms with van der Waals surface area (Å²) in [5.41, 5.74) is 18.0. The predicted octanol–water partition coefficient (Wildman–Crippen LogP) is 16.2. The van der Waals surface area contributed by atoms with E-state index in [1.165, 1.54) is 38.9 Å². The van der Waals surface area contributed by atoms with Gasteiger partial charge in [0, 0.05) is 56.4 Å². The van der Waals surface area contributed by atoms with Gasteiger partial charge in [-0.25, -0.2) is 0 Å². The van der Waals surface area contributed by atoms with E-state index in [2.05, 4.69) is 230 Å². The number of hydrogen-bond donors (Lipinski definition) is 0. The van der Waals surface area contributed by atoms with Gasteiger partial charge < -0.3 is 14.2 Å². The number of furan rings is 1. The molecule has 1 heterocycles. The average Bonchev–Trinajstić information content (AvgIpc) is 3.79. The summed E-state index contributed by atoms with van der Waals surface area (Å²) >= 11 is 0. The molecule has 0 radical (unpaired) electrons. The van der Waals surface area contributed by atoms with Crippen molar-refractivity contribution in [3.8, 4) is 33.4 Å². The van der Waals surface area contributed by atoms with E-state index in [1.807, 2.05) is 12.1 Å². The quantitative estimate of drug-likeness (QED) is 0.153. The lowest BCUT2D eigenvalue weighted by atomic mass is 9.81. The zero-order valence-electron chi connectivity index (χ0n) is 33.6. The molecule has 286 valence electrons. The van der Waals surface area contributed by atoms with Crippen molar-refractivity contribution in [2.75, 3.05) is 9.80 Å². The number of anilines is 6. The van der Waals surface area contributed by atoms with Crippen molar-refractivity contribution in [3.63, 3.8) is 0 Å². The second-order valence-corrected chi connectivity index (χ2v) is 16.2. The maximum atomic E-state index is 6.48. The second-order valence-electron chi connectivity index (χ2n) is 16.2. The molecule has 3 nitrogen and oxygen atoms in total. The van der Waals surface area contributed by atoms with Crippen molar-refractivity contribution >= 4 is 56.1 Å². The zero-order valence-corrected chi connectivity index (χ0v) is 33.6. The van der Waals surface area contributed by atoms with Gasteiger partial charge >= 0.3 is 0 Å². The fraction of sp³-hybridized carbons (Fsp3) is 0.0526. The molecule has 10 aromatic rings. The van der Waals surface area contributed by atoms with Crippen molar-refractivity contribution in [3.05, 3.63) is 230 Å². The Morgan fingerprint density at radius 1 is 0.317 bits per heavy atom. The molecule has 0 unspecified atom stereocenters. The maximum absolute atomic E-state index is 6.48. The molecular formula is C57H42N2O. The van der Waals surface area contributed by atoms with E-state index in [4.69, 9.17) is 4.42 Å². The molecule has 0 atom stereocenters. The van der Waals surface area contributed by atoms with Gasteiger partial charge in [-0.3, -0.25) is 0 Å². The van der Waals surface area contributed by atoms with Gasteiger partial charge in [0.05, 0.1) is 0 Å². The first-order valence-electron chi connectivity index (χ1n) is 20.7. The Balaban J connectivity index is 1.14. The van der Waals surface area contributed by atoms with Gasteiger partial charge in [0.2, 0.25) is 0 Å². The Morgan fingerprint density at radius 3 is 1.55 bits per heavy atom. The number of benzene rings is 9.